The molecule has 0 heterocycles. The van der Waals surface area contributed by atoms with Gasteiger partial charge >= 0.3 is 0 Å². The summed E-state index contributed by atoms with van der Waals surface area (Å²) in [5.74, 6) is 0.397. The van der Waals surface area contributed by atoms with Crippen molar-refractivity contribution < 1.29 is 5.11 Å². The maximum absolute atomic E-state index is 9.18. The Hall–Kier alpha value is -0.250. The first-order valence-electron chi connectivity index (χ1n) is 3.73. The zero-order chi connectivity index (χ0) is 7.84. The first kappa shape index (κ1) is 7.40. The molecule has 1 atom stereocenters. The summed E-state index contributed by atoms with van der Waals surface area (Å²) in [5, 5.41) is 9.18. The molecule has 0 aromatic heterocycles. The van der Waals surface area contributed by atoms with E-state index >= 15 is 0 Å². The van der Waals surface area contributed by atoms with Gasteiger partial charge in [-0.1, -0.05) is 28.7 Å². The fourth-order valence-corrected chi connectivity index (χ4v) is 2.47. The number of alkyl halides is 1. The highest BCUT2D eigenvalue weighted by atomic mass is 127. The van der Waals surface area contributed by atoms with Crippen molar-refractivity contribution in [3.05, 3.63) is 29.3 Å². The van der Waals surface area contributed by atoms with Crippen molar-refractivity contribution in [1.82, 2.24) is 0 Å². The van der Waals surface area contributed by atoms with E-state index in [9.17, 15) is 5.11 Å². The summed E-state index contributed by atoms with van der Waals surface area (Å²) in [6, 6.07) is 5.69. The lowest BCUT2D eigenvalue weighted by atomic mass is 10.1. The van der Waals surface area contributed by atoms with Crippen molar-refractivity contribution in [1.29, 1.82) is 0 Å². The van der Waals surface area contributed by atoms with E-state index in [0.717, 1.165) is 6.42 Å². The molecule has 1 aliphatic rings. The van der Waals surface area contributed by atoms with E-state index in [1.807, 2.05) is 12.1 Å². The summed E-state index contributed by atoms with van der Waals surface area (Å²) in [5.41, 5.74) is 2.73. The Balaban J connectivity index is 2.50. The molecule has 0 radical (unpaired) electrons. The number of rotatable bonds is 0. The second-order valence-electron chi connectivity index (χ2n) is 2.89. The predicted octanol–water partition coefficient (Wildman–Crippen LogP) is 2.81. The molecule has 1 nitrogen and oxygen atoms in total. The second-order valence-corrected chi connectivity index (χ2v) is 4.39. The smallest absolute Gasteiger partial charge is 0.115 e. The van der Waals surface area contributed by atoms with Gasteiger partial charge in [-0.25, -0.2) is 0 Å². The summed E-state index contributed by atoms with van der Waals surface area (Å²) >= 11 is 2.45. The van der Waals surface area contributed by atoms with Crippen molar-refractivity contribution in [2.45, 2.75) is 16.8 Å². The van der Waals surface area contributed by atoms with E-state index in [2.05, 4.69) is 22.6 Å². The fourth-order valence-electron chi connectivity index (χ4n) is 1.55. The monoisotopic (exact) mass is 260 g/mol. The molecule has 0 amide bonds. The van der Waals surface area contributed by atoms with E-state index in [1.54, 1.807) is 6.07 Å². The number of phenols is 1. The minimum atomic E-state index is 0.397. The Labute approximate surface area is 79.6 Å². The minimum Gasteiger partial charge on any atom is -0.508 e. The Morgan fingerprint density at radius 2 is 2.27 bits per heavy atom. The van der Waals surface area contributed by atoms with Gasteiger partial charge in [0.2, 0.25) is 0 Å². The number of hydrogen-bond acceptors (Lipinski definition) is 1. The topological polar surface area (TPSA) is 20.2 Å². The molecule has 1 aliphatic carbocycles. The third-order valence-electron chi connectivity index (χ3n) is 2.13. The summed E-state index contributed by atoms with van der Waals surface area (Å²) in [6.07, 6.45) is 2.34. The molecule has 0 saturated heterocycles. The number of aryl methyl sites for hydroxylation is 1. The average molecular weight is 260 g/mol. The van der Waals surface area contributed by atoms with Gasteiger partial charge in [-0.3, -0.25) is 0 Å². The number of aromatic hydroxyl groups is 1. The lowest BCUT2D eigenvalue weighted by molar-refractivity contribution is 0.474. The highest BCUT2D eigenvalue weighted by Gasteiger charge is 2.19. The van der Waals surface area contributed by atoms with E-state index in [-0.39, 0.29) is 0 Å². The molecule has 2 rings (SSSR count). The van der Waals surface area contributed by atoms with E-state index < -0.39 is 0 Å². The van der Waals surface area contributed by atoms with Crippen molar-refractivity contribution in [2.24, 2.45) is 0 Å². The fraction of sp³-hybridized carbons (Fsp3) is 0.333. The average Bonchev–Trinajstić information content (AvgIpc) is 2.32. The van der Waals surface area contributed by atoms with Crippen molar-refractivity contribution in [3.63, 3.8) is 0 Å². The molecule has 11 heavy (non-hydrogen) atoms. The third kappa shape index (κ3) is 1.24. The zero-order valence-electron chi connectivity index (χ0n) is 6.05. The van der Waals surface area contributed by atoms with Crippen LogP contribution in [0.15, 0.2) is 18.2 Å². The van der Waals surface area contributed by atoms with Crippen LogP contribution >= 0.6 is 22.6 Å². The number of halogens is 1. The summed E-state index contributed by atoms with van der Waals surface area (Å²) in [6.45, 7) is 0. The summed E-state index contributed by atoms with van der Waals surface area (Å²) < 4.78 is 0.656. The van der Waals surface area contributed by atoms with Crippen LogP contribution in [0.4, 0.5) is 0 Å². The maximum atomic E-state index is 9.18. The predicted molar refractivity (Wildman–Crippen MR) is 53.2 cm³/mol. The molecule has 1 aromatic rings. The number of phenolic OH excluding ortho intramolecular Hbond substituents is 1. The van der Waals surface area contributed by atoms with Crippen LogP contribution in [-0.2, 0) is 6.42 Å². The minimum absolute atomic E-state index is 0.397. The molecule has 0 saturated carbocycles. The molecule has 58 valence electrons. The van der Waals surface area contributed by atoms with Gasteiger partial charge in [0.1, 0.15) is 5.75 Å². The van der Waals surface area contributed by atoms with Crippen LogP contribution in [0.2, 0.25) is 0 Å². The van der Waals surface area contributed by atoms with Gasteiger partial charge in [-0.05, 0) is 36.1 Å². The Kier molecular flexibility index (Phi) is 1.79. The van der Waals surface area contributed by atoms with Crippen LogP contribution in [0.1, 0.15) is 21.5 Å². The number of benzene rings is 1. The summed E-state index contributed by atoms with van der Waals surface area (Å²) in [7, 11) is 0. The molecular formula is C9H9IO. The largest absolute Gasteiger partial charge is 0.508 e. The number of fused-ring (bicyclic) bond motifs is 1. The van der Waals surface area contributed by atoms with E-state index in [4.69, 9.17) is 0 Å². The zero-order valence-corrected chi connectivity index (χ0v) is 8.21. The molecule has 0 unspecified atom stereocenters. The van der Waals surface area contributed by atoms with Gasteiger partial charge in [0, 0.05) is 3.92 Å². The Morgan fingerprint density at radius 1 is 1.45 bits per heavy atom. The van der Waals surface area contributed by atoms with Crippen LogP contribution in [-0.4, -0.2) is 5.11 Å². The third-order valence-corrected chi connectivity index (χ3v) is 3.42. The first-order chi connectivity index (χ1) is 5.27. The highest BCUT2D eigenvalue weighted by molar-refractivity contribution is 14.1. The SMILES string of the molecule is Oc1ccc2c(c1)CC[C@H]2I. The lowest BCUT2D eigenvalue weighted by Gasteiger charge is -2.01. The molecule has 0 spiro atoms. The Morgan fingerprint density at radius 3 is 3.09 bits per heavy atom. The first-order valence-corrected chi connectivity index (χ1v) is 4.98. The maximum Gasteiger partial charge on any atom is 0.115 e. The van der Waals surface area contributed by atoms with Gasteiger partial charge in [-0.15, -0.1) is 0 Å². The summed E-state index contributed by atoms with van der Waals surface area (Å²) in [4.78, 5) is 0. The van der Waals surface area contributed by atoms with E-state index in [0.29, 0.717) is 9.67 Å². The quantitative estimate of drug-likeness (QED) is 0.561. The normalized spacial score (nSPS) is 21.7. The molecular weight excluding hydrogens is 251 g/mol. The Bertz CT molecular complexity index is 283. The van der Waals surface area contributed by atoms with Crippen LogP contribution in [0, 0.1) is 0 Å². The van der Waals surface area contributed by atoms with Gasteiger partial charge in [-0.2, -0.15) is 0 Å². The second kappa shape index (κ2) is 2.66. The van der Waals surface area contributed by atoms with E-state index in [1.165, 1.54) is 17.5 Å². The highest BCUT2D eigenvalue weighted by Crippen LogP contribution is 2.38. The standard InChI is InChI=1S/C9H9IO/c10-9-4-1-6-5-7(11)2-3-8(6)9/h2-3,5,9,11H,1,4H2/t9-/m1/s1. The van der Waals surface area contributed by atoms with Crippen molar-refractivity contribution >= 4 is 22.6 Å². The molecule has 0 aliphatic heterocycles. The lowest BCUT2D eigenvalue weighted by Crippen LogP contribution is -1.81. The molecule has 0 bridgehead atoms. The molecule has 0 fully saturated rings. The van der Waals surface area contributed by atoms with Gasteiger partial charge in [0.05, 0.1) is 0 Å². The van der Waals surface area contributed by atoms with Crippen LogP contribution < -0.4 is 0 Å². The van der Waals surface area contributed by atoms with Crippen molar-refractivity contribution in [3.8, 4) is 5.75 Å². The molecule has 1 aromatic carbocycles. The van der Waals surface area contributed by atoms with Gasteiger partial charge in [0.25, 0.3) is 0 Å². The number of hydrogen-bond donors (Lipinski definition) is 1. The van der Waals surface area contributed by atoms with Crippen molar-refractivity contribution in [2.75, 3.05) is 0 Å². The molecule has 2 heteroatoms. The van der Waals surface area contributed by atoms with Crippen LogP contribution in [0.25, 0.3) is 0 Å². The van der Waals surface area contributed by atoms with Crippen LogP contribution in [0.5, 0.6) is 5.75 Å². The van der Waals surface area contributed by atoms with Crippen LogP contribution in [0.3, 0.4) is 0 Å². The molecule has 1 N–H and O–H groups in total. The van der Waals surface area contributed by atoms with Gasteiger partial charge in [0.15, 0.2) is 0 Å². The van der Waals surface area contributed by atoms with Gasteiger partial charge < -0.3 is 5.11 Å².